The highest BCUT2D eigenvalue weighted by Crippen LogP contribution is 2.32. The molecule has 1 aliphatic carbocycles. The SMILES string of the molecule is C=C(C1CCCCC1)N1CCC(C)(N)CC1. The topological polar surface area (TPSA) is 29.3 Å². The zero-order valence-corrected chi connectivity index (χ0v) is 10.7. The van der Waals surface area contributed by atoms with Crippen molar-refractivity contribution in [2.75, 3.05) is 13.1 Å². The molecular formula is C14H26N2. The van der Waals surface area contributed by atoms with E-state index in [0.29, 0.717) is 0 Å². The molecule has 2 nitrogen and oxygen atoms in total. The fourth-order valence-corrected chi connectivity index (χ4v) is 3.00. The van der Waals surface area contributed by atoms with E-state index in [2.05, 4.69) is 18.4 Å². The number of piperidine rings is 1. The molecule has 0 aromatic carbocycles. The lowest BCUT2D eigenvalue weighted by molar-refractivity contribution is 0.183. The van der Waals surface area contributed by atoms with Gasteiger partial charge in [-0.05, 0) is 38.5 Å². The first kappa shape index (κ1) is 12.0. The van der Waals surface area contributed by atoms with Gasteiger partial charge in [-0.15, -0.1) is 0 Å². The predicted octanol–water partition coefficient (Wildman–Crippen LogP) is 2.89. The molecule has 1 aliphatic heterocycles. The Morgan fingerprint density at radius 1 is 1.19 bits per heavy atom. The summed E-state index contributed by atoms with van der Waals surface area (Å²) < 4.78 is 0. The van der Waals surface area contributed by atoms with Gasteiger partial charge in [0, 0.05) is 24.3 Å². The lowest BCUT2D eigenvalue weighted by Crippen LogP contribution is -2.48. The maximum Gasteiger partial charge on any atom is 0.0192 e. The third-order valence-electron chi connectivity index (χ3n) is 4.39. The van der Waals surface area contributed by atoms with Crippen LogP contribution in [0.25, 0.3) is 0 Å². The van der Waals surface area contributed by atoms with Crippen molar-refractivity contribution in [3.8, 4) is 0 Å². The van der Waals surface area contributed by atoms with E-state index in [4.69, 9.17) is 5.73 Å². The third-order valence-corrected chi connectivity index (χ3v) is 4.39. The molecule has 0 radical (unpaired) electrons. The van der Waals surface area contributed by atoms with Gasteiger partial charge in [-0.25, -0.2) is 0 Å². The van der Waals surface area contributed by atoms with Crippen LogP contribution in [0.3, 0.4) is 0 Å². The van der Waals surface area contributed by atoms with Crippen LogP contribution in [0.4, 0.5) is 0 Å². The van der Waals surface area contributed by atoms with Gasteiger partial charge in [-0.1, -0.05) is 25.8 Å². The largest absolute Gasteiger partial charge is 0.375 e. The maximum absolute atomic E-state index is 6.16. The Morgan fingerprint density at radius 2 is 1.75 bits per heavy atom. The van der Waals surface area contributed by atoms with Crippen LogP contribution in [-0.4, -0.2) is 23.5 Å². The van der Waals surface area contributed by atoms with Crippen molar-refractivity contribution in [3.63, 3.8) is 0 Å². The van der Waals surface area contributed by atoms with Crippen LogP contribution < -0.4 is 5.73 Å². The second-order valence-electron chi connectivity index (χ2n) is 5.97. The summed E-state index contributed by atoms with van der Waals surface area (Å²) in [6, 6.07) is 0. The minimum atomic E-state index is 0.0589. The van der Waals surface area contributed by atoms with Crippen molar-refractivity contribution >= 4 is 0 Å². The summed E-state index contributed by atoms with van der Waals surface area (Å²) in [6.07, 6.45) is 9.14. The lowest BCUT2D eigenvalue weighted by atomic mass is 9.85. The van der Waals surface area contributed by atoms with Crippen molar-refractivity contribution in [2.45, 2.75) is 57.4 Å². The smallest absolute Gasteiger partial charge is 0.0192 e. The van der Waals surface area contributed by atoms with Crippen molar-refractivity contribution in [1.29, 1.82) is 0 Å². The molecule has 0 aromatic rings. The van der Waals surface area contributed by atoms with Gasteiger partial charge < -0.3 is 10.6 Å². The third kappa shape index (κ3) is 2.79. The molecule has 0 amide bonds. The zero-order valence-electron chi connectivity index (χ0n) is 10.7. The second-order valence-corrected chi connectivity index (χ2v) is 5.97. The highest BCUT2D eigenvalue weighted by atomic mass is 15.2. The highest BCUT2D eigenvalue weighted by molar-refractivity contribution is 5.04. The molecule has 0 spiro atoms. The molecule has 16 heavy (non-hydrogen) atoms. The number of hydrogen-bond acceptors (Lipinski definition) is 2. The number of nitrogens with two attached hydrogens (primary N) is 1. The summed E-state index contributed by atoms with van der Waals surface area (Å²) >= 11 is 0. The summed E-state index contributed by atoms with van der Waals surface area (Å²) in [6.45, 7) is 8.74. The van der Waals surface area contributed by atoms with E-state index in [9.17, 15) is 0 Å². The van der Waals surface area contributed by atoms with Gasteiger partial charge in [-0.2, -0.15) is 0 Å². The molecular weight excluding hydrogens is 196 g/mol. The first-order valence-corrected chi connectivity index (χ1v) is 6.81. The van der Waals surface area contributed by atoms with Gasteiger partial charge in [0.05, 0.1) is 0 Å². The number of hydrogen-bond donors (Lipinski definition) is 1. The van der Waals surface area contributed by atoms with E-state index in [1.807, 2.05) is 0 Å². The van der Waals surface area contributed by atoms with E-state index < -0.39 is 0 Å². The van der Waals surface area contributed by atoms with Crippen LogP contribution in [0, 0.1) is 5.92 Å². The molecule has 1 saturated carbocycles. The van der Waals surface area contributed by atoms with Crippen LogP contribution in [0.2, 0.25) is 0 Å². The van der Waals surface area contributed by atoms with Crippen molar-refractivity contribution < 1.29 is 0 Å². The van der Waals surface area contributed by atoms with E-state index in [1.54, 1.807) is 0 Å². The predicted molar refractivity (Wildman–Crippen MR) is 69.1 cm³/mol. The number of allylic oxidation sites excluding steroid dienone is 1. The Kier molecular flexibility index (Phi) is 3.58. The second kappa shape index (κ2) is 4.79. The van der Waals surface area contributed by atoms with E-state index in [-0.39, 0.29) is 5.54 Å². The summed E-state index contributed by atoms with van der Waals surface area (Å²) in [7, 11) is 0. The average Bonchev–Trinajstić information content (AvgIpc) is 2.29. The fourth-order valence-electron chi connectivity index (χ4n) is 3.00. The normalized spacial score (nSPS) is 26.8. The van der Waals surface area contributed by atoms with Gasteiger partial charge in [0.15, 0.2) is 0 Å². The Balaban J connectivity index is 1.86. The van der Waals surface area contributed by atoms with Crippen LogP contribution in [0.5, 0.6) is 0 Å². The van der Waals surface area contributed by atoms with E-state index >= 15 is 0 Å². The first-order valence-electron chi connectivity index (χ1n) is 6.81. The molecule has 0 unspecified atom stereocenters. The van der Waals surface area contributed by atoms with Gasteiger partial charge in [0.1, 0.15) is 0 Å². The fraction of sp³-hybridized carbons (Fsp3) is 0.857. The van der Waals surface area contributed by atoms with Gasteiger partial charge >= 0.3 is 0 Å². The summed E-state index contributed by atoms with van der Waals surface area (Å²) in [5, 5.41) is 0. The summed E-state index contributed by atoms with van der Waals surface area (Å²) in [5.74, 6) is 0.760. The molecule has 2 rings (SSSR count). The van der Waals surface area contributed by atoms with Crippen LogP contribution in [0.1, 0.15) is 51.9 Å². The molecule has 2 aliphatic rings. The minimum absolute atomic E-state index is 0.0589. The van der Waals surface area contributed by atoms with Gasteiger partial charge in [0.2, 0.25) is 0 Å². The molecule has 2 fully saturated rings. The van der Waals surface area contributed by atoms with Crippen LogP contribution in [0.15, 0.2) is 12.3 Å². The molecule has 0 bridgehead atoms. The molecule has 1 saturated heterocycles. The Morgan fingerprint density at radius 3 is 2.31 bits per heavy atom. The van der Waals surface area contributed by atoms with Gasteiger partial charge in [-0.3, -0.25) is 0 Å². The van der Waals surface area contributed by atoms with Crippen molar-refractivity contribution in [1.82, 2.24) is 4.90 Å². The van der Waals surface area contributed by atoms with Gasteiger partial charge in [0.25, 0.3) is 0 Å². The standard InChI is InChI=1S/C14H26N2/c1-12(13-6-4-3-5-7-13)16-10-8-14(2,15)9-11-16/h13H,1,3-11,15H2,2H3. The number of likely N-dealkylation sites (tertiary alicyclic amines) is 1. The lowest BCUT2D eigenvalue weighted by Gasteiger charge is -2.41. The molecule has 0 aromatic heterocycles. The number of rotatable bonds is 2. The molecule has 2 heteroatoms. The quantitative estimate of drug-likeness (QED) is 0.778. The summed E-state index contributed by atoms with van der Waals surface area (Å²) in [5.41, 5.74) is 7.62. The molecule has 0 atom stereocenters. The minimum Gasteiger partial charge on any atom is -0.375 e. The zero-order chi connectivity index (χ0) is 11.6. The van der Waals surface area contributed by atoms with Crippen molar-refractivity contribution in [3.05, 3.63) is 12.3 Å². The van der Waals surface area contributed by atoms with Crippen LogP contribution >= 0.6 is 0 Å². The summed E-state index contributed by atoms with van der Waals surface area (Å²) in [4.78, 5) is 2.49. The first-order chi connectivity index (χ1) is 7.58. The van der Waals surface area contributed by atoms with E-state index in [1.165, 1.54) is 37.8 Å². The average molecular weight is 222 g/mol. The highest BCUT2D eigenvalue weighted by Gasteiger charge is 2.28. The number of nitrogens with zero attached hydrogens (tertiary/aromatic N) is 1. The Labute approximate surface area is 99.9 Å². The van der Waals surface area contributed by atoms with E-state index in [0.717, 1.165) is 31.8 Å². The van der Waals surface area contributed by atoms with Crippen LogP contribution in [-0.2, 0) is 0 Å². The Bertz CT molecular complexity index is 241. The van der Waals surface area contributed by atoms with Crippen molar-refractivity contribution in [2.24, 2.45) is 11.7 Å². The Hall–Kier alpha value is -0.500. The maximum atomic E-state index is 6.16. The molecule has 2 N–H and O–H groups in total. The molecule has 1 heterocycles. The monoisotopic (exact) mass is 222 g/mol. The molecule has 92 valence electrons.